The molecular weight excluding hydrogens is 542 g/mol. The van der Waals surface area contributed by atoms with Crippen molar-refractivity contribution in [1.82, 2.24) is 10.2 Å². The van der Waals surface area contributed by atoms with E-state index in [1.807, 2.05) is 67.6 Å². The number of amides is 3. The zero-order valence-corrected chi connectivity index (χ0v) is 22.4. The summed E-state index contributed by atoms with van der Waals surface area (Å²) in [6.45, 7) is 2.01. The molecule has 3 unspecified atom stereocenters. The lowest BCUT2D eigenvalue weighted by atomic mass is 9.70. The molecule has 36 heavy (non-hydrogen) atoms. The van der Waals surface area contributed by atoms with E-state index in [4.69, 9.17) is 0 Å². The minimum atomic E-state index is -0.764. The smallest absolute Gasteiger partial charge is 0.244 e. The van der Waals surface area contributed by atoms with Gasteiger partial charge in [0, 0.05) is 22.3 Å². The van der Waals surface area contributed by atoms with Crippen molar-refractivity contribution < 1.29 is 19.5 Å². The predicted octanol–water partition coefficient (Wildman–Crippen LogP) is 3.18. The van der Waals surface area contributed by atoms with Crippen LogP contribution in [-0.4, -0.2) is 61.2 Å². The van der Waals surface area contributed by atoms with Gasteiger partial charge in [-0.15, -0.1) is 11.8 Å². The first-order valence-electron chi connectivity index (χ1n) is 12.3. The Balaban J connectivity index is 1.48. The molecule has 3 amide bonds. The van der Waals surface area contributed by atoms with E-state index in [0.29, 0.717) is 25.1 Å². The lowest BCUT2D eigenvalue weighted by Gasteiger charge is -2.37. The van der Waals surface area contributed by atoms with E-state index >= 15 is 0 Å². The van der Waals surface area contributed by atoms with Crippen molar-refractivity contribution in [1.29, 1.82) is 0 Å². The Morgan fingerprint density at radius 3 is 2.44 bits per heavy atom. The summed E-state index contributed by atoms with van der Waals surface area (Å²) < 4.78 is -0.738. The zero-order chi connectivity index (χ0) is 25.4. The number of carbonyl (C=O) groups excluding carboxylic acids is 3. The summed E-state index contributed by atoms with van der Waals surface area (Å²) in [5, 5.41) is 16.0. The molecule has 2 aromatic rings. The Morgan fingerprint density at radius 2 is 1.81 bits per heavy atom. The first-order valence-corrected chi connectivity index (χ1v) is 14.1. The molecule has 2 bridgehead atoms. The maximum absolute atomic E-state index is 14.0. The molecule has 3 saturated heterocycles. The number of benzene rings is 2. The summed E-state index contributed by atoms with van der Waals surface area (Å²) in [4.78, 5) is 43.0. The van der Waals surface area contributed by atoms with Crippen LogP contribution in [0.15, 0.2) is 60.7 Å². The van der Waals surface area contributed by atoms with Gasteiger partial charge in [-0.25, -0.2) is 0 Å². The van der Waals surface area contributed by atoms with Crippen LogP contribution < -0.4 is 10.6 Å². The maximum Gasteiger partial charge on any atom is 0.244 e. The van der Waals surface area contributed by atoms with Crippen molar-refractivity contribution in [3.8, 4) is 0 Å². The van der Waals surface area contributed by atoms with Crippen LogP contribution in [0.2, 0.25) is 0 Å². The SMILES string of the molecule is CC[C@@H](CO)N1C(=O)[C@@H]2[C@@H](C(=O)Nc3ccccc3)[C@@H]3SC2(CC3Br)C1C(=O)NCc1ccccc1. The molecule has 3 aliphatic heterocycles. The Bertz CT molecular complexity index is 1130. The molecule has 5 rings (SSSR count). The number of para-hydroxylation sites is 1. The molecule has 0 aromatic heterocycles. The van der Waals surface area contributed by atoms with Crippen molar-refractivity contribution in [2.45, 2.75) is 53.2 Å². The zero-order valence-electron chi connectivity index (χ0n) is 20.0. The number of rotatable bonds is 8. The molecule has 9 heteroatoms. The van der Waals surface area contributed by atoms with Crippen LogP contribution >= 0.6 is 27.7 Å². The summed E-state index contributed by atoms with van der Waals surface area (Å²) >= 11 is 5.37. The maximum atomic E-state index is 14.0. The number of halogens is 1. The third kappa shape index (κ3) is 4.15. The van der Waals surface area contributed by atoms with Crippen LogP contribution in [-0.2, 0) is 20.9 Å². The highest BCUT2D eigenvalue weighted by Crippen LogP contribution is 2.68. The van der Waals surface area contributed by atoms with Gasteiger partial charge in [0.15, 0.2) is 0 Å². The lowest BCUT2D eigenvalue weighted by molar-refractivity contribution is -0.142. The van der Waals surface area contributed by atoms with Crippen molar-refractivity contribution in [3.63, 3.8) is 0 Å². The van der Waals surface area contributed by atoms with Gasteiger partial charge in [-0.3, -0.25) is 14.4 Å². The van der Waals surface area contributed by atoms with Gasteiger partial charge >= 0.3 is 0 Å². The minimum absolute atomic E-state index is 0.00310. The standard InChI is InChI=1S/C27H30BrN3O4S/c1-2-18(15-32)31-23(25(34)29-14-16-9-5-3-6-10-16)27-13-19(28)22(36-27)20(21(27)26(31)35)24(33)30-17-11-7-4-8-12-17/h3-12,18-23,32H,2,13-15H2,1H3,(H,29,34)(H,30,33)/t18-,19?,20+,21-,22+,23?,27?/m0/s1. The van der Waals surface area contributed by atoms with E-state index in [0.717, 1.165) is 5.56 Å². The van der Waals surface area contributed by atoms with Gasteiger partial charge in [0.05, 0.1) is 29.2 Å². The number of hydrogen-bond donors (Lipinski definition) is 3. The van der Waals surface area contributed by atoms with Crippen molar-refractivity contribution >= 4 is 51.1 Å². The first-order chi connectivity index (χ1) is 17.4. The third-order valence-electron chi connectivity index (χ3n) is 7.70. The van der Waals surface area contributed by atoms with E-state index in [1.165, 1.54) is 0 Å². The van der Waals surface area contributed by atoms with Gasteiger partial charge in [0.2, 0.25) is 17.7 Å². The highest BCUT2D eigenvalue weighted by atomic mass is 79.9. The van der Waals surface area contributed by atoms with E-state index in [1.54, 1.807) is 16.7 Å². The number of carbonyl (C=O) groups is 3. The molecule has 190 valence electrons. The predicted molar refractivity (Wildman–Crippen MR) is 144 cm³/mol. The van der Waals surface area contributed by atoms with E-state index in [-0.39, 0.29) is 34.4 Å². The Labute approximate surface area is 223 Å². The summed E-state index contributed by atoms with van der Waals surface area (Å²) in [6.07, 6.45) is 1.12. The Morgan fingerprint density at radius 1 is 1.14 bits per heavy atom. The molecule has 3 fully saturated rings. The lowest BCUT2D eigenvalue weighted by Crippen LogP contribution is -2.56. The molecule has 3 aliphatic rings. The molecule has 7 nitrogen and oxygen atoms in total. The average Bonchev–Trinajstić information content (AvgIpc) is 3.48. The molecule has 0 saturated carbocycles. The van der Waals surface area contributed by atoms with Crippen LogP contribution in [0.1, 0.15) is 25.3 Å². The summed E-state index contributed by atoms with van der Waals surface area (Å²) in [5.41, 5.74) is 1.64. The quantitative estimate of drug-likeness (QED) is 0.423. The fourth-order valence-electron chi connectivity index (χ4n) is 6.10. The van der Waals surface area contributed by atoms with Crippen LogP contribution in [0.5, 0.6) is 0 Å². The first kappa shape index (κ1) is 25.3. The molecule has 7 atom stereocenters. The highest BCUT2D eigenvalue weighted by molar-refractivity contribution is 9.09. The van der Waals surface area contributed by atoms with Crippen molar-refractivity contribution in [3.05, 3.63) is 66.2 Å². The number of anilines is 1. The van der Waals surface area contributed by atoms with Gasteiger partial charge in [-0.1, -0.05) is 71.4 Å². The van der Waals surface area contributed by atoms with Crippen LogP contribution in [0.25, 0.3) is 0 Å². The number of aliphatic hydroxyl groups excluding tert-OH is 1. The molecule has 0 aliphatic carbocycles. The van der Waals surface area contributed by atoms with Gasteiger partial charge in [-0.05, 0) is 30.5 Å². The summed E-state index contributed by atoms with van der Waals surface area (Å²) in [6, 6.07) is 17.6. The average molecular weight is 573 g/mol. The summed E-state index contributed by atoms with van der Waals surface area (Å²) in [5.74, 6) is -1.85. The van der Waals surface area contributed by atoms with Gasteiger partial charge in [0.1, 0.15) is 6.04 Å². The second-order valence-electron chi connectivity index (χ2n) is 9.71. The highest BCUT2D eigenvalue weighted by Gasteiger charge is 2.76. The molecule has 2 aromatic carbocycles. The second kappa shape index (κ2) is 10.2. The fraction of sp³-hybridized carbons (Fsp3) is 0.444. The van der Waals surface area contributed by atoms with Crippen molar-refractivity contribution in [2.75, 3.05) is 11.9 Å². The normalized spacial score (nSPS) is 31.2. The van der Waals surface area contributed by atoms with E-state index < -0.39 is 28.7 Å². The molecule has 3 N–H and O–H groups in total. The number of hydrogen-bond acceptors (Lipinski definition) is 5. The number of fused-ring (bicyclic) bond motifs is 1. The van der Waals surface area contributed by atoms with Gasteiger partial charge in [-0.2, -0.15) is 0 Å². The minimum Gasteiger partial charge on any atom is -0.394 e. The topological polar surface area (TPSA) is 98.7 Å². The van der Waals surface area contributed by atoms with Gasteiger partial charge in [0.25, 0.3) is 0 Å². The molecular formula is C27H30BrN3O4S. The largest absolute Gasteiger partial charge is 0.394 e. The van der Waals surface area contributed by atoms with Crippen LogP contribution in [0, 0.1) is 11.8 Å². The number of alkyl halides is 1. The third-order valence-corrected chi connectivity index (χ3v) is 10.9. The molecule has 0 radical (unpaired) electrons. The monoisotopic (exact) mass is 571 g/mol. The number of thioether (sulfide) groups is 1. The number of aliphatic hydroxyl groups is 1. The van der Waals surface area contributed by atoms with Gasteiger partial charge < -0.3 is 20.6 Å². The Hall–Kier alpha value is -2.36. The van der Waals surface area contributed by atoms with Crippen LogP contribution in [0.3, 0.4) is 0 Å². The number of nitrogens with one attached hydrogen (secondary N) is 2. The van der Waals surface area contributed by atoms with Crippen molar-refractivity contribution in [2.24, 2.45) is 11.8 Å². The number of nitrogens with zero attached hydrogens (tertiary/aromatic N) is 1. The number of likely N-dealkylation sites (tertiary alicyclic amines) is 1. The fourth-order valence-corrected chi connectivity index (χ4v) is 9.70. The summed E-state index contributed by atoms with van der Waals surface area (Å²) in [7, 11) is 0. The Kier molecular flexibility index (Phi) is 7.16. The molecule has 1 spiro atoms. The van der Waals surface area contributed by atoms with Crippen LogP contribution in [0.4, 0.5) is 5.69 Å². The molecule has 3 heterocycles. The second-order valence-corrected chi connectivity index (χ2v) is 12.4. The van der Waals surface area contributed by atoms with E-state index in [2.05, 4.69) is 26.6 Å². The van der Waals surface area contributed by atoms with E-state index in [9.17, 15) is 19.5 Å².